The van der Waals surface area contributed by atoms with Crippen molar-refractivity contribution in [1.29, 1.82) is 0 Å². The number of halogens is 1. The van der Waals surface area contributed by atoms with Crippen molar-refractivity contribution in [2.45, 2.75) is 6.92 Å². The van der Waals surface area contributed by atoms with E-state index in [1.807, 2.05) is 13.0 Å². The minimum absolute atomic E-state index is 0.321. The highest BCUT2D eigenvalue weighted by Crippen LogP contribution is 2.21. The number of nitrogens with zero attached hydrogens (tertiary/aromatic N) is 4. The first-order valence-electron chi connectivity index (χ1n) is 4.04. The van der Waals surface area contributed by atoms with Crippen LogP contribution in [0.25, 0.3) is 11.4 Å². The van der Waals surface area contributed by atoms with Gasteiger partial charge in [-0.2, -0.15) is 5.10 Å². The van der Waals surface area contributed by atoms with Crippen molar-refractivity contribution in [3.8, 4) is 11.4 Å². The Morgan fingerprint density at radius 2 is 1.86 bits per heavy atom. The molecule has 0 fully saturated rings. The first-order chi connectivity index (χ1) is 6.77. The van der Waals surface area contributed by atoms with Crippen molar-refractivity contribution < 1.29 is 0 Å². The molecule has 0 aliphatic rings. The van der Waals surface area contributed by atoms with E-state index in [1.165, 1.54) is 0 Å². The molecule has 0 atom stereocenters. The maximum atomic E-state index is 5.88. The topological polar surface area (TPSA) is 51.6 Å². The summed E-state index contributed by atoms with van der Waals surface area (Å²) >= 11 is 5.88. The molecule has 4 nitrogen and oxygen atoms in total. The summed E-state index contributed by atoms with van der Waals surface area (Å²) in [5, 5.41) is 7.94. The van der Waals surface area contributed by atoms with Crippen molar-refractivity contribution in [2.24, 2.45) is 0 Å². The van der Waals surface area contributed by atoms with E-state index in [-0.39, 0.29) is 0 Å². The van der Waals surface area contributed by atoms with E-state index in [9.17, 15) is 0 Å². The number of hydrogen-bond donors (Lipinski definition) is 0. The first-order valence-corrected chi connectivity index (χ1v) is 4.42. The zero-order valence-electron chi connectivity index (χ0n) is 7.48. The molecule has 0 saturated heterocycles. The molecule has 0 aromatic carbocycles. The van der Waals surface area contributed by atoms with Gasteiger partial charge in [0.05, 0.1) is 11.3 Å². The van der Waals surface area contributed by atoms with E-state index in [1.54, 1.807) is 18.5 Å². The van der Waals surface area contributed by atoms with Crippen LogP contribution in [0.3, 0.4) is 0 Å². The summed E-state index contributed by atoms with van der Waals surface area (Å²) in [4.78, 5) is 8.18. The van der Waals surface area contributed by atoms with E-state index < -0.39 is 0 Å². The molecule has 0 aliphatic carbocycles. The molecule has 2 rings (SSSR count). The highest BCUT2D eigenvalue weighted by molar-refractivity contribution is 6.31. The molecule has 2 aromatic heterocycles. The van der Waals surface area contributed by atoms with Gasteiger partial charge < -0.3 is 0 Å². The van der Waals surface area contributed by atoms with Gasteiger partial charge in [-0.05, 0) is 19.1 Å². The van der Waals surface area contributed by atoms with Crippen LogP contribution in [0.5, 0.6) is 0 Å². The summed E-state index contributed by atoms with van der Waals surface area (Å²) in [5.41, 5.74) is 1.50. The third kappa shape index (κ3) is 1.70. The number of aryl methyl sites for hydroxylation is 1. The Morgan fingerprint density at radius 1 is 1.14 bits per heavy atom. The zero-order chi connectivity index (χ0) is 9.97. The van der Waals surface area contributed by atoms with Gasteiger partial charge in [-0.3, -0.25) is 0 Å². The molecule has 70 valence electrons. The van der Waals surface area contributed by atoms with Crippen LogP contribution in [0.2, 0.25) is 5.15 Å². The SMILES string of the molecule is Cc1cc(-c2ncccn2)c(Cl)nn1. The van der Waals surface area contributed by atoms with Crippen molar-refractivity contribution >= 4 is 11.6 Å². The predicted molar refractivity (Wildman–Crippen MR) is 52.8 cm³/mol. The van der Waals surface area contributed by atoms with Crippen molar-refractivity contribution in [2.75, 3.05) is 0 Å². The fourth-order valence-corrected chi connectivity index (χ4v) is 1.25. The highest BCUT2D eigenvalue weighted by Gasteiger charge is 2.07. The Labute approximate surface area is 86.0 Å². The second-order valence-electron chi connectivity index (χ2n) is 2.76. The van der Waals surface area contributed by atoms with Crippen LogP contribution in [0.4, 0.5) is 0 Å². The lowest BCUT2D eigenvalue weighted by atomic mass is 10.2. The van der Waals surface area contributed by atoms with Gasteiger partial charge in [0.1, 0.15) is 0 Å². The fraction of sp³-hybridized carbons (Fsp3) is 0.111. The lowest BCUT2D eigenvalue weighted by Gasteiger charge is -2.00. The molecule has 5 heteroatoms. The lowest BCUT2D eigenvalue weighted by Crippen LogP contribution is -1.93. The van der Waals surface area contributed by atoms with E-state index in [2.05, 4.69) is 20.2 Å². The van der Waals surface area contributed by atoms with Crippen molar-refractivity contribution in [3.05, 3.63) is 35.4 Å². The Hall–Kier alpha value is -1.55. The van der Waals surface area contributed by atoms with Crippen molar-refractivity contribution in [1.82, 2.24) is 20.2 Å². The van der Waals surface area contributed by atoms with Crippen LogP contribution < -0.4 is 0 Å². The summed E-state index contributed by atoms with van der Waals surface area (Å²) < 4.78 is 0. The smallest absolute Gasteiger partial charge is 0.162 e. The van der Waals surface area contributed by atoms with Crippen LogP contribution >= 0.6 is 11.6 Å². The van der Waals surface area contributed by atoms with Gasteiger partial charge in [0.2, 0.25) is 0 Å². The third-order valence-electron chi connectivity index (χ3n) is 1.68. The quantitative estimate of drug-likeness (QED) is 0.715. The van der Waals surface area contributed by atoms with Gasteiger partial charge in [0.15, 0.2) is 11.0 Å². The Balaban J connectivity index is 2.57. The highest BCUT2D eigenvalue weighted by atomic mass is 35.5. The molecule has 0 unspecified atom stereocenters. The van der Waals surface area contributed by atoms with E-state index in [0.29, 0.717) is 16.5 Å². The zero-order valence-corrected chi connectivity index (χ0v) is 8.23. The Kier molecular flexibility index (Phi) is 2.37. The van der Waals surface area contributed by atoms with Gasteiger partial charge in [0, 0.05) is 12.4 Å². The monoisotopic (exact) mass is 206 g/mol. The molecular formula is C9H7ClN4. The van der Waals surface area contributed by atoms with Crippen LogP contribution in [-0.2, 0) is 0 Å². The van der Waals surface area contributed by atoms with E-state index in [4.69, 9.17) is 11.6 Å². The van der Waals surface area contributed by atoms with Gasteiger partial charge in [-0.25, -0.2) is 9.97 Å². The number of aromatic nitrogens is 4. The Morgan fingerprint density at radius 3 is 2.57 bits per heavy atom. The van der Waals surface area contributed by atoms with Gasteiger partial charge in [0.25, 0.3) is 0 Å². The standard InChI is InChI=1S/C9H7ClN4/c1-6-5-7(8(10)14-13-6)9-11-3-2-4-12-9/h2-5H,1H3. The molecule has 0 bridgehead atoms. The summed E-state index contributed by atoms with van der Waals surface area (Å²) in [6.07, 6.45) is 3.32. The summed E-state index contributed by atoms with van der Waals surface area (Å²) in [6.45, 7) is 1.84. The normalized spacial score (nSPS) is 10.1. The molecule has 0 saturated carbocycles. The number of hydrogen-bond acceptors (Lipinski definition) is 4. The molecule has 0 spiro atoms. The summed E-state index contributed by atoms with van der Waals surface area (Å²) in [6, 6.07) is 3.56. The van der Waals surface area contributed by atoms with Gasteiger partial charge >= 0.3 is 0 Å². The molecular weight excluding hydrogens is 200 g/mol. The van der Waals surface area contributed by atoms with Gasteiger partial charge in [-0.15, -0.1) is 5.10 Å². The lowest BCUT2D eigenvalue weighted by molar-refractivity contribution is 0.977. The van der Waals surface area contributed by atoms with Gasteiger partial charge in [-0.1, -0.05) is 11.6 Å². The third-order valence-corrected chi connectivity index (χ3v) is 1.96. The minimum atomic E-state index is 0.321. The maximum absolute atomic E-state index is 5.88. The van der Waals surface area contributed by atoms with Crippen LogP contribution in [0, 0.1) is 6.92 Å². The number of rotatable bonds is 1. The summed E-state index contributed by atoms with van der Waals surface area (Å²) in [7, 11) is 0. The molecule has 2 heterocycles. The molecule has 14 heavy (non-hydrogen) atoms. The van der Waals surface area contributed by atoms with Crippen LogP contribution in [0.1, 0.15) is 5.69 Å². The molecule has 0 radical (unpaired) electrons. The fourth-order valence-electron chi connectivity index (χ4n) is 1.07. The summed E-state index contributed by atoms with van der Waals surface area (Å²) in [5.74, 6) is 0.565. The average Bonchev–Trinajstić information content (AvgIpc) is 2.23. The molecule has 0 N–H and O–H groups in total. The molecule has 2 aromatic rings. The molecule has 0 aliphatic heterocycles. The first kappa shape index (κ1) is 9.02. The van der Waals surface area contributed by atoms with Crippen LogP contribution in [-0.4, -0.2) is 20.2 Å². The maximum Gasteiger partial charge on any atom is 0.162 e. The van der Waals surface area contributed by atoms with E-state index in [0.717, 1.165) is 5.69 Å². The Bertz CT molecular complexity index is 444. The van der Waals surface area contributed by atoms with E-state index >= 15 is 0 Å². The minimum Gasteiger partial charge on any atom is -0.236 e. The average molecular weight is 207 g/mol. The predicted octanol–water partition coefficient (Wildman–Crippen LogP) is 1.90. The van der Waals surface area contributed by atoms with Crippen molar-refractivity contribution in [3.63, 3.8) is 0 Å². The second kappa shape index (κ2) is 3.67. The molecule has 0 amide bonds. The van der Waals surface area contributed by atoms with Crippen LogP contribution in [0.15, 0.2) is 24.5 Å². The second-order valence-corrected chi connectivity index (χ2v) is 3.12. The largest absolute Gasteiger partial charge is 0.236 e.